The van der Waals surface area contributed by atoms with Gasteiger partial charge in [-0.2, -0.15) is 0 Å². The summed E-state index contributed by atoms with van der Waals surface area (Å²) in [6, 6.07) is 12.8. The molecule has 0 aliphatic heterocycles. The van der Waals surface area contributed by atoms with Gasteiger partial charge in [-0.25, -0.2) is 4.98 Å². The summed E-state index contributed by atoms with van der Waals surface area (Å²) in [5, 5.41) is 0.884. The molecule has 0 spiro atoms. The van der Waals surface area contributed by atoms with Crippen LogP contribution in [0.1, 0.15) is 17.3 Å². The Morgan fingerprint density at radius 1 is 1.00 bits per heavy atom. The summed E-state index contributed by atoms with van der Waals surface area (Å²) in [6.45, 7) is 1.49. The van der Waals surface area contributed by atoms with E-state index in [4.69, 9.17) is 4.74 Å². The van der Waals surface area contributed by atoms with E-state index in [1.54, 1.807) is 24.5 Å². The molecule has 4 heteroatoms. The summed E-state index contributed by atoms with van der Waals surface area (Å²) < 4.78 is 5.81. The van der Waals surface area contributed by atoms with Gasteiger partial charge in [-0.3, -0.25) is 9.78 Å². The molecule has 0 fully saturated rings. The molecule has 98 valence electrons. The smallest absolute Gasteiger partial charge is 0.230 e. The molecule has 0 amide bonds. The molecule has 2 aromatic heterocycles. The van der Waals surface area contributed by atoms with Gasteiger partial charge in [-0.05, 0) is 43.3 Å². The summed E-state index contributed by atoms with van der Waals surface area (Å²) in [5.41, 5.74) is 1.30. The van der Waals surface area contributed by atoms with Crippen molar-refractivity contribution >= 4 is 16.7 Å². The Hall–Kier alpha value is -2.75. The lowest BCUT2D eigenvalue weighted by Crippen LogP contribution is -1.99. The van der Waals surface area contributed by atoms with Crippen molar-refractivity contribution in [3.63, 3.8) is 0 Å². The predicted octanol–water partition coefficient (Wildman–Crippen LogP) is 3.62. The zero-order valence-electron chi connectivity index (χ0n) is 10.9. The van der Waals surface area contributed by atoms with Gasteiger partial charge >= 0.3 is 0 Å². The van der Waals surface area contributed by atoms with Gasteiger partial charge in [0.15, 0.2) is 5.78 Å². The van der Waals surface area contributed by atoms with Crippen molar-refractivity contribution in [2.24, 2.45) is 0 Å². The highest BCUT2D eigenvalue weighted by atomic mass is 16.5. The lowest BCUT2D eigenvalue weighted by Gasteiger charge is -2.09. The van der Waals surface area contributed by atoms with Crippen LogP contribution in [0.5, 0.6) is 11.6 Å². The van der Waals surface area contributed by atoms with Crippen LogP contribution in [-0.4, -0.2) is 15.8 Å². The number of carbonyl (C=O) groups is 1. The maximum absolute atomic E-state index is 11.6. The van der Waals surface area contributed by atoms with E-state index in [9.17, 15) is 4.79 Å². The van der Waals surface area contributed by atoms with E-state index in [0.717, 1.165) is 10.9 Å². The minimum Gasteiger partial charge on any atom is -0.438 e. The minimum atomic E-state index is -0.0774. The Kier molecular flexibility index (Phi) is 3.13. The number of nitrogens with zero attached hydrogens (tertiary/aromatic N) is 2. The molecule has 0 atom stereocenters. The van der Waals surface area contributed by atoms with Crippen LogP contribution in [0.15, 0.2) is 54.9 Å². The molecule has 0 radical (unpaired) electrons. The molecule has 0 N–H and O–H groups in total. The topological polar surface area (TPSA) is 52.1 Å². The Labute approximate surface area is 116 Å². The fourth-order valence-electron chi connectivity index (χ4n) is 2.01. The maximum Gasteiger partial charge on any atom is 0.230 e. The van der Waals surface area contributed by atoms with Gasteiger partial charge in [0.25, 0.3) is 0 Å². The fraction of sp³-hybridized carbons (Fsp3) is 0.0625. The number of pyridine rings is 2. The van der Waals surface area contributed by atoms with E-state index >= 15 is 0 Å². The van der Waals surface area contributed by atoms with Crippen LogP contribution in [0.2, 0.25) is 0 Å². The molecule has 0 saturated carbocycles. The maximum atomic E-state index is 11.6. The molecule has 2 heterocycles. The van der Waals surface area contributed by atoms with E-state index in [1.165, 1.54) is 6.92 Å². The van der Waals surface area contributed by atoms with Crippen LogP contribution in [0.4, 0.5) is 0 Å². The number of Topliss-reactive ketones (excluding diaryl/α,β-unsaturated/α-hetero) is 1. The molecule has 4 nitrogen and oxygen atoms in total. The quantitative estimate of drug-likeness (QED) is 0.678. The van der Waals surface area contributed by atoms with Gasteiger partial charge in [0, 0.05) is 17.8 Å². The van der Waals surface area contributed by atoms with Crippen LogP contribution < -0.4 is 4.74 Å². The number of carbonyl (C=O) groups excluding carboxylic acids is 1. The summed E-state index contributed by atoms with van der Waals surface area (Å²) in [5.74, 6) is 0.875. The largest absolute Gasteiger partial charge is 0.438 e. The second-order valence-corrected chi connectivity index (χ2v) is 4.34. The van der Waals surface area contributed by atoms with Crippen molar-refractivity contribution < 1.29 is 9.53 Å². The van der Waals surface area contributed by atoms with Crippen molar-refractivity contribution in [2.45, 2.75) is 6.92 Å². The second kappa shape index (κ2) is 5.09. The number of ketones is 1. The van der Waals surface area contributed by atoms with Crippen molar-refractivity contribution in [2.75, 3.05) is 0 Å². The molecule has 3 aromatic rings. The van der Waals surface area contributed by atoms with Gasteiger partial charge in [-0.1, -0.05) is 6.07 Å². The molecule has 3 rings (SSSR count). The van der Waals surface area contributed by atoms with Gasteiger partial charge in [-0.15, -0.1) is 0 Å². The SMILES string of the molecule is CC(=O)c1cccnc1Oc1cccc2ncccc12. The van der Waals surface area contributed by atoms with Crippen molar-refractivity contribution in [1.29, 1.82) is 0 Å². The number of fused-ring (bicyclic) bond motifs is 1. The number of rotatable bonds is 3. The normalized spacial score (nSPS) is 10.4. The third-order valence-electron chi connectivity index (χ3n) is 2.96. The third kappa shape index (κ3) is 2.23. The molecule has 0 saturated heterocycles. The number of ether oxygens (including phenoxy) is 1. The predicted molar refractivity (Wildman–Crippen MR) is 76.1 cm³/mol. The van der Waals surface area contributed by atoms with Crippen molar-refractivity contribution in [3.8, 4) is 11.6 Å². The van der Waals surface area contributed by atoms with Gasteiger partial charge in [0.1, 0.15) is 5.75 Å². The zero-order valence-corrected chi connectivity index (χ0v) is 10.9. The first-order chi connectivity index (χ1) is 9.75. The molecule has 1 aromatic carbocycles. The van der Waals surface area contributed by atoms with E-state index in [1.807, 2.05) is 30.3 Å². The Morgan fingerprint density at radius 3 is 2.65 bits per heavy atom. The summed E-state index contributed by atoms with van der Waals surface area (Å²) in [4.78, 5) is 20.0. The first kappa shape index (κ1) is 12.3. The molecule has 0 unspecified atom stereocenters. The molecular weight excluding hydrogens is 252 g/mol. The third-order valence-corrected chi connectivity index (χ3v) is 2.96. The number of aromatic nitrogens is 2. The lowest BCUT2D eigenvalue weighted by atomic mass is 10.2. The van der Waals surface area contributed by atoms with Crippen LogP contribution in [0, 0.1) is 0 Å². The van der Waals surface area contributed by atoms with Gasteiger partial charge < -0.3 is 4.74 Å². The van der Waals surface area contributed by atoms with E-state index in [2.05, 4.69) is 9.97 Å². The average molecular weight is 264 g/mol. The van der Waals surface area contributed by atoms with Gasteiger partial charge in [0.2, 0.25) is 5.88 Å². The molecular formula is C16H12N2O2. The van der Waals surface area contributed by atoms with Gasteiger partial charge in [0.05, 0.1) is 11.1 Å². The Bertz CT molecular complexity index is 779. The highest BCUT2D eigenvalue weighted by Crippen LogP contribution is 2.29. The van der Waals surface area contributed by atoms with Crippen molar-refractivity contribution in [3.05, 3.63) is 60.4 Å². The van der Waals surface area contributed by atoms with E-state index in [0.29, 0.717) is 17.2 Å². The molecule has 20 heavy (non-hydrogen) atoms. The van der Waals surface area contributed by atoms with E-state index in [-0.39, 0.29) is 5.78 Å². The second-order valence-electron chi connectivity index (χ2n) is 4.34. The highest BCUT2D eigenvalue weighted by Gasteiger charge is 2.11. The Morgan fingerprint density at radius 2 is 1.80 bits per heavy atom. The lowest BCUT2D eigenvalue weighted by molar-refractivity contribution is 0.101. The molecule has 0 aliphatic rings. The number of hydrogen-bond acceptors (Lipinski definition) is 4. The van der Waals surface area contributed by atoms with Crippen LogP contribution in [0.3, 0.4) is 0 Å². The summed E-state index contributed by atoms with van der Waals surface area (Å²) in [7, 11) is 0. The highest BCUT2D eigenvalue weighted by molar-refractivity contribution is 5.96. The number of benzene rings is 1. The van der Waals surface area contributed by atoms with Crippen molar-refractivity contribution in [1.82, 2.24) is 9.97 Å². The monoisotopic (exact) mass is 264 g/mol. The average Bonchev–Trinajstić information content (AvgIpc) is 2.48. The van der Waals surface area contributed by atoms with Crippen LogP contribution in [-0.2, 0) is 0 Å². The standard InChI is InChI=1S/C16H12N2O2/c1-11(19)12-5-3-10-18-16(12)20-15-8-2-7-14-13(15)6-4-9-17-14/h2-10H,1H3. The molecule has 0 aliphatic carbocycles. The zero-order chi connectivity index (χ0) is 13.9. The van der Waals surface area contributed by atoms with E-state index < -0.39 is 0 Å². The van der Waals surface area contributed by atoms with Crippen LogP contribution >= 0.6 is 0 Å². The Balaban J connectivity index is 2.08. The summed E-state index contributed by atoms with van der Waals surface area (Å²) >= 11 is 0. The minimum absolute atomic E-state index is 0.0774. The van der Waals surface area contributed by atoms with Crippen LogP contribution in [0.25, 0.3) is 10.9 Å². The fourth-order valence-corrected chi connectivity index (χ4v) is 2.01. The molecule has 0 bridgehead atoms. The first-order valence-electron chi connectivity index (χ1n) is 6.23. The first-order valence-corrected chi connectivity index (χ1v) is 6.23. The number of hydrogen-bond donors (Lipinski definition) is 0. The summed E-state index contributed by atoms with van der Waals surface area (Å²) in [6.07, 6.45) is 3.33.